The van der Waals surface area contributed by atoms with E-state index in [-0.39, 0.29) is 5.91 Å². The fraction of sp³-hybridized carbons (Fsp3) is 0.562. The lowest BCUT2D eigenvalue weighted by Gasteiger charge is -2.36. The van der Waals surface area contributed by atoms with Gasteiger partial charge in [0.1, 0.15) is 0 Å². The van der Waals surface area contributed by atoms with E-state index in [2.05, 4.69) is 19.0 Å². The standard InChI is InChI=1S/C16H25N3O/c1-18(2)14-8-10-19(11-9-14)16(20)15(17)12-13-6-4-3-5-7-13/h3-7,14-15H,8-12,17H2,1-2H3/t15-/m0/s1. The maximum atomic E-state index is 12.4. The summed E-state index contributed by atoms with van der Waals surface area (Å²) in [5.74, 6) is 0.0889. The molecule has 4 heteroatoms. The summed E-state index contributed by atoms with van der Waals surface area (Å²) in [6.07, 6.45) is 2.70. The number of hydrogen-bond acceptors (Lipinski definition) is 3. The molecule has 1 saturated heterocycles. The zero-order chi connectivity index (χ0) is 14.5. The first kappa shape index (κ1) is 15.0. The quantitative estimate of drug-likeness (QED) is 0.895. The summed E-state index contributed by atoms with van der Waals surface area (Å²) in [6.45, 7) is 1.65. The second kappa shape index (κ2) is 6.86. The maximum absolute atomic E-state index is 12.4. The molecule has 1 aliphatic rings. The molecule has 0 radical (unpaired) electrons. The van der Waals surface area contributed by atoms with Crippen LogP contribution in [0.1, 0.15) is 18.4 Å². The van der Waals surface area contributed by atoms with Crippen molar-refractivity contribution in [2.75, 3.05) is 27.2 Å². The Kier molecular flexibility index (Phi) is 5.15. The van der Waals surface area contributed by atoms with Crippen molar-refractivity contribution in [3.8, 4) is 0 Å². The third-order valence-electron chi connectivity index (χ3n) is 4.12. The fourth-order valence-corrected chi connectivity index (χ4v) is 2.79. The molecule has 0 aliphatic carbocycles. The number of amides is 1. The van der Waals surface area contributed by atoms with Crippen LogP contribution in [-0.2, 0) is 11.2 Å². The third kappa shape index (κ3) is 3.81. The number of rotatable bonds is 4. The van der Waals surface area contributed by atoms with Crippen molar-refractivity contribution >= 4 is 5.91 Å². The predicted octanol–water partition coefficient (Wildman–Crippen LogP) is 1.11. The number of carbonyl (C=O) groups excluding carboxylic acids is 1. The molecule has 110 valence electrons. The molecule has 1 aromatic rings. The number of benzene rings is 1. The van der Waals surface area contributed by atoms with Gasteiger partial charge in [0.25, 0.3) is 0 Å². The molecule has 1 atom stereocenters. The van der Waals surface area contributed by atoms with Crippen molar-refractivity contribution in [2.45, 2.75) is 31.3 Å². The number of hydrogen-bond donors (Lipinski definition) is 1. The first-order valence-electron chi connectivity index (χ1n) is 7.32. The van der Waals surface area contributed by atoms with Crippen molar-refractivity contribution in [2.24, 2.45) is 5.73 Å². The number of nitrogens with zero attached hydrogens (tertiary/aromatic N) is 2. The van der Waals surface area contributed by atoms with Gasteiger partial charge in [0.15, 0.2) is 0 Å². The zero-order valence-corrected chi connectivity index (χ0v) is 12.5. The molecule has 0 bridgehead atoms. The average molecular weight is 275 g/mol. The molecule has 1 aromatic carbocycles. The highest BCUT2D eigenvalue weighted by atomic mass is 16.2. The molecule has 1 aliphatic heterocycles. The molecule has 4 nitrogen and oxygen atoms in total. The van der Waals surface area contributed by atoms with Crippen LogP contribution in [0, 0.1) is 0 Å². The summed E-state index contributed by atoms with van der Waals surface area (Å²) in [5.41, 5.74) is 7.19. The smallest absolute Gasteiger partial charge is 0.239 e. The van der Waals surface area contributed by atoms with Crippen LogP contribution in [0.3, 0.4) is 0 Å². The van der Waals surface area contributed by atoms with Crippen molar-refractivity contribution in [3.63, 3.8) is 0 Å². The Balaban J connectivity index is 1.85. The second-order valence-corrected chi connectivity index (χ2v) is 5.82. The van der Waals surface area contributed by atoms with Gasteiger partial charge in [0.05, 0.1) is 6.04 Å². The van der Waals surface area contributed by atoms with Crippen LogP contribution in [0.4, 0.5) is 0 Å². The SMILES string of the molecule is CN(C)C1CCN(C(=O)[C@@H](N)Cc2ccccc2)CC1. The lowest BCUT2D eigenvalue weighted by molar-refractivity contribution is -0.134. The highest BCUT2D eigenvalue weighted by molar-refractivity contribution is 5.82. The summed E-state index contributed by atoms with van der Waals surface area (Å²) in [5, 5.41) is 0. The number of likely N-dealkylation sites (tertiary alicyclic amines) is 1. The van der Waals surface area contributed by atoms with Gasteiger partial charge in [-0.1, -0.05) is 30.3 Å². The Morgan fingerprint density at radius 3 is 2.45 bits per heavy atom. The van der Waals surface area contributed by atoms with Crippen LogP contribution in [0.25, 0.3) is 0 Å². The van der Waals surface area contributed by atoms with Gasteiger partial charge < -0.3 is 15.5 Å². The molecule has 2 rings (SSSR count). The van der Waals surface area contributed by atoms with Crippen molar-refractivity contribution in [3.05, 3.63) is 35.9 Å². The Morgan fingerprint density at radius 2 is 1.90 bits per heavy atom. The highest BCUT2D eigenvalue weighted by Crippen LogP contribution is 2.15. The van der Waals surface area contributed by atoms with E-state index in [4.69, 9.17) is 5.73 Å². The van der Waals surface area contributed by atoms with E-state index in [1.54, 1.807) is 0 Å². The van der Waals surface area contributed by atoms with Crippen molar-refractivity contribution in [1.82, 2.24) is 9.80 Å². The first-order valence-corrected chi connectivity index (χ1v) is 7.32. The number of piperidine rings is 1. The molecule has 0 aromatic heterocycles. The van der Waals surface area contributed by atoms with Gasteiger partial charge in [0, 0.05) is 19.1 Å². The molecule has 1 fully saturated rings. The van der Waals surface area contributed by atoms with Crippen molar-refractivity contribution in [1.29, 1.82) is 0 Å². The summed E-state index contributed by atoms with van der Waals surface area (Å²) in [7, 11) is 4.20. The highest BCUT2D eigenvalue weighted by Gasteiger charge is 2.26. The summed E-state index contributed by atoms with van der Waals surface area (Å²) in [6, 6.07) is 10.1. The second-order valence-electron chi connectivity index (χ2n) is 5.82. The minimum absolute atomic E-state index is 0.0889. The summed E-state index contributed by atoms with van der Waals surface area (Å²) < 4.78 is 0. The maximum Gasteiger partial charge on any atom is 0.239 e. The van der Waals surface area contributed by atoms with E-state index in [1.807, 2.05) is 35.2 Å². The van der Waals surface area contributed by atoms with Gasteiger partial charge in [-0.05, 0) is 38.9 Å². The van der Waals surface area contributed by atoms with Gasteiger partial charge in [0.2, 0.25) is 5.91 Å². The normalized spacial score (nSPS) is 18.3. The van der Waals surface area contributed by atoms with Crippen LogP contribution in [0.2, 0.25) is 0 Å². The van der Waals surface area contributed by atoms with Gasteiger partial charge in [-0.2, -0.15) is 0 Å². The van der Waals surface area contributed by atoms with Gasteiger partial charge in [-0.25, -0.2) is 0 Å². The average Bonchev–Trinajstić information content (AvgIpc) is 2.47. The van der Waals surface area contributed by atoms with Crippen LogP contribution in [0.5, 0.6) is 0 Å². The zero-order valence-electron chi connectivity index (χ0n) is 12.5. The minimum atomic E-state index is -0.423. The molecular weight excluding hydrogens is 250 g/mol. The lowest BCUT2D eigenvalue weighted by atomic mass is 10.0. The van der Waals surface area contributed by atoms with Crippen molar-refractivity contribution < 1.29 is 4.79 Å². The van der Waals surface area contributed by atoms with Crippen LogP contribution in [-0.4, -0.2) is 55.0 Å². The molecule has 1 amide bonds. The Labute approximate surface area is 121 Å². The molecule has 2 N–H and O–H groups in total. The Bertz CT molecular complexity index is 425. The summed E-state index contributed by atoms with van der Waals surface area (Å²) in [4.78, 5) is 16.5. The molecular formula is C16H25N3O. The van der Waals surface area contributed by atoms with Gasteiger partial charge in [-0.15, -0.1) is 0 Å². The number of carbonyl (C=O) groups is 1. The van der Waals surface area contributed by atoms with E-state index in [9.17, 15) is 4.79 Å². The largest absolute Gasteiger partial charge is 0.341 e. The van der Waals surface area contributed by atoms with E-state index in [0.717, 1.165) is 31.5 Å². The van der Waals surface area contributed by atoms with Gasteiger partial charge in [-0.3, -0.25) is 4.79 Å². The fourth-order valence-electron chi connectivity index (χ4n) is 2.79. The first-order chi connectivity index (χ1) is 9.58. The molecule has 0 spiro atoms. The van der Waals surface area contributed by atoms with E-state index in [1.165, 1.54) is 0 Å². The number of nitrogens with two attached hydrogens (primary N) is 1. The Hall–Kier alpha value is -1.39. The van der Waals surface area contributed by atoms with E-state index < -0.39 is 6.04 Å². The monoisotopic (exact) mass is 275 g/mol. The Morgan fingerprint density at radius 1 is 1.30 bits per heavy atom. The molecule has 1 heterocycles. The van der Waals surface area contributed by atoms with Gasteiger partial charge >= 0.3 is 0 Å². The van der Waals surface area contributed by atoms with E-state index in [0.29, 0.717) is 12.5 Å². The van der Waals surface area contributed by atoms with Crippen LogP contribution in [0.15, 0.2) is 30.3 Å². The minimum Gasteiger partial charge on any atom is -0.341 e. The molecule has 0 saturated carbocycles. The lowest BCUT2D eigenvalue weighted by Crippen LogP contribution is -2.50. The van der Waals surface area contributed by atoms with E-state index >= 15 is 0 Å². The predicted molar refractivity (Wildman–Crippen MR) is 81.4 cm³/mol. The van der Waals surface area contributed by atoms with Crippen LogP contribution >= 0.6 is 0 Å². The molecule has 20 heavy (non-hydrogen) atoms. The topological polar surface area (TPSA) is 49.6 Å². The molecule has 0 unspecified atom stereocenters. The third-order valence-corrected chi connectivity index (χ3v) is 4.12. The summed E-state index contributed by atoms with van der Waals surface area (Å²) >= 11 is 0. The van der Waals surface area contributed by atoms with Crippen LogP contribution < -0.4 is 5.73 Å².